The molecule has 1 N–H and O–H groups in total. The largest absolute Gasteiger partial charge is 0.490 e. The predicted molar refractivity (Wildman–Crippen MR) is 94.3 cm³/mol. The SMILES string of the molecule is Cc1ccc(C(C)(C)C)c(OCCOc2cccc(C(=O)O)c2)c1. The monoisotopic (exact) mass is 328 g/mol. The van der Waals surface area contributed by atoms with Crippen LogP contribution >= 0.6 is 0 Å². The Morgan fingerprint density at radius 3 is 2.42 bits per heavy atom. The maximum Gasteiger partial charge on any atom is 0.335 e. The van der Waals surface area contributed by atoms with Crippen LogP contribution in [-0.2, 0) is 5.41 Å². The van der Waals surface area contributed by atoms with Crippen molar-refractivity contribution in [2.75, 3.05) is 13.2 Å². The number of aryl methyl sites for hydroxylation is 1. The molecular formula is C20H24O4. The Labute approximate surface area is 143 Å². The van der Waals surface area contributed by atoms with E-state index in [9.17, 15) is 4.79 Å². The topological polar surface area (TPSA) is 55.8 Å². The third-order valence-corrected chi connectivity index (χ3v) is 3.64. The van der Waals surface area contributed by atoms with Crippen molar-refractivity contribution in [3.8, 4) is 11.5 Å². The van der Waals surface area contributed by atoms with Crippen LogP contribution in [0.5, 0.6) is 11.5 Å². The fourth-order valence-electron chi connectivity index (χ4n) is 2.40. The fourth-order valence-corrected chi connectivity index (χ4v) is 2.40. The third-order valence-electron chi connectivity index (χ3n) is 3.64. The Bertz CT molecular complexity index is 714. The number of ether oxygens (including phenoxy) is 2. The first-order valence-corrected chi connectivity index (χ1v) is 7.97. The van der Waals surface area contributed by atoms with Gasteiger partial charge in [0.05, 0.1) is 5.56 Å². The van der Waals surface area contributed by atoms with Crippen molar-refractivity contribution in [2.45, 2.75) is 33.1 Å². The molecule has 4 nitrogen and oxygen atoms in total. The second kappa shape index (κ2) is 7.39. The maximum atomic E-state index is 11.0. The van der Waals surface area contributed by atoms with Crippen LogP contribution in [0.3, 0.4) is 0 Å². The molecule has 0 aliphatic carbocycles. The van der Waals surface area contributed by atoms with E-state index < -0.39 is 5.97 Å². The van der Waals surface area contributed by atoms with Gasteiger partial charge < -0.3 is 14.6 Å². The number of rotatable bonds is 6. The van der Waals surface area contributed by atoms with Crippen molar-refractivity contribution in [3.63, 3.8) is 0 Å². The van der Waals surface area contributed by atoms with E-state index in [0.717, 1.165) is 16.9 Å². The summed E-state index contributed by atoms with van der Waals surface area (Å²) in [5, 5.41) is 8.98. The van der Waals surface area contributed by atoms with Gasteiger partial charge in [-0.05, 0) is 47.7 Å². The zero-order valence-corrected chi connectivity index (χ0v) is 14.6. The van der Waals surface area contributed by atoms with Crippen molar-refractivity contribution in [1.82, 2.24) is 0 Å². The lowest BCUT2D eigenvalue weighted by Gasteiger charge is -2.23. The van der Waals surface area contributed by atoms with Gasteiger partial charge in [-0.15, -0.1) is 0 Å². The highest BCUT2D eigenvalue weighted by Crippen LogP contribution is 2.32. The molecule has 0 amide bonds. The molecule has 0 radical (unpaired) electrons. The first-order chi connectivity index (χ1) is 11.3. The van der Waals surface area contributed by atoms with Crippen LogP contribution in [0.15, 0.2) is 42.5 Å². The number of carboxylic acids is 1. The summed E-state index contributed by atoms with van der Waals surface area (Å²) in [5.74, 6) is 0.426. The smallest absolute Gasteiger partial charge is 0.335 e. The zero-order valence-electron chi connectivity index (χ0n) is 14.6. The van der Waals surface area contributed by atoms with Gasteiger partial charge in [-0.25, -0.2) is 4.79 Å². The Kier molecular flexibility index (Phi) is 5.50. The predicted octanol–water partition coefficient (Wildman–Crippen LogP) is 4.45. The Morgan fingerprint density at radius 1 is 1.04 bits per heavy atom. The van der Waals surface area contributed by atoms with Gasteiger partial charge in [0.2, 0.25) is 0 Å². The summed E-state index contributed by atoms with van der Waals surface area (Å²) in [6.07, 6.45) is 0. The minimum atomic E-state index is -0.966. The minimum Gasteiger partial charge on any atom is -0.490 e. The van der Waals surface area contributed by atoms with Crippen LogP contribution in [-0.4, -0.2) is 24.3 Å². The molecule has 0 spiro atoms. The van der Waals surface area contributed by atoms with Crippen molar-refractivity contribution in [3.05, 3.63) is 59.2 Å². The lowest BCUT2D eigenvalue weighted by Crippen LogP contribution is -2.16. The molecule has 2 aromatic carbocycles. The molecule has 0 atom stereocenters. The summed E-state index contributed by atoms with van der Waals surface area (Å²) in [6, 6.07) is 12.7. The van der Waals surface area contributed by atoms with Crippen molar-refractivity contribution in [1.29, 1.82) is 0 Å². The fraction of sp³-hybridized carbons (Fsp3) is 0.350. The van der Waals surface area contributed by atoms with Gasteiger partial charge in [0, 0.05) is 0 Å². The van der Waals surface area contributed by atoms with E-state index in [2.05, 4.69) is 32.9 Å². The van der Waals surface area contributed by atoms with E-state index in [-0.39, 0.29) is 11.0 Å². The molecule has 24 heavy (non-hydrogen) atoms. The number of hydrogen-bond acceptors (Lipinski definition) is 3. The number of hydrogen-bond donors (Lipinski definition) is 1. The summed E-state index contributed by atoms with van der Waals surface area (Å²) in [7, 11) is 0. The molecule has 0 heterocycles. The second-order valence-corrected chi connectivity index (χ2v) is 6.78. The van der Waals surface area contributed by atoms with E-state index in [1.165, 1.54) is 12.1 Å². The molecule has 4 heteroatoms. The lowest BCUT2D eigenvalue weighted by molar-refractivity contribution is 0.0696. The normalized spacial score (nSPS) is 11.2. The summed E-state index contributed by atoms with van der Waals surface area (Å²) < 4.78 is 11.5. The number of carbonyl (C=O) groups is 1. The average molecular weight is 328 g/mol. The Balaban J connectivity index is 1.97. The molecule has 0 saturated carbocycles. The molecule has 2 aromatic rings. The zero-order chi connectivity index (χ0) is 17.7. The average Bonchev–Trinajstić information content (AvgIpc) is 2.50. The third kappa shape index (κ3) is 4.75. The van der Waals surface area contributed by atoms with E-state index in [0.29, 0.717) is 19.0 Å². The Morgan fingerprint density at radius 2 is 1.75 bits per heavy atom. The maximum absolute atomic E-state index is 11.0. The molecule has 0 aromatic heterocycles. The van der Waals surface area contributed by atoms with Gasteiger partial charge in [0.1, 0.15) is 24.7 Å². The quantitative estimate of drug-likeness (QED) is 0.796. The van der Waals surface area contributed by atoms with E-state index in [4.69, 9.17) is 14.6 Å². The second-order valence-electron chi connectivity index (χ2n) is 6.78. The molecule has 0 aliphatic rings. The molecular weight excluding hydrogens is 304 g/mol. The molecule has 2 rings (SSSR count). The first kappa shape index (κ1) is 17.9. The van der Waals surface area contributed by atoms with E-state index in [1.54, 1.807) is 12.1 Å². The number of aromatic carboxylic acids is 1. The van der Waals surface area contributed by atoms with Gasteiger partial charge in [0.15, 0.2) is 0 Å². The van der Waals surface area contributed by atoms with Crippen LogP contribution in [0.4, 0.5) is 0 Å². The number of benzene rings is 2. The molecule has 128 valence electrons. The lowest BCUT2D eigenvalue weighted by atomic mass is 9.86. The van der Waals surface area contributed by atoms with Gasteiger partial charge in [-0.2, -0.15) is 0 Å². The van der Waals surface area contributed by atoms with Gasteiger partial charge in [0.25, 0.3) is 0 Å². The summed E-state index contributed by atoms with van der Waals surface area (Å²) in [6.45, 7) is 9.23. The molecule has 0 bridgehead atoms. The molecule has 0 aliphatic heterocycles. The minimum absolute atomic E-state index is 0.000288. The van der Waals surface area contributed by atoms with Gasteiger partial charge >= 0.3 is 5.97 Å². The highest BCUT2D eigenvalue weighted by atomic mass is 16.5. The Hall–Kier alpha value is -2.49. The highest BCUT2D eigenvalue weighted by molar-refractivity contribution is 5.87. The van der Waals surface area contributed by atoms with Crippen molar-refractivity contribution in [2.24, 2.45) is 0 Å². The summed E-state index contributed by atoms with van der Waals surface area (Å²) >= 11 is 0. The van der Waals surface area contributed by atoms with Crippen molar-refractivity contribution >= 4 is 5.97 Å². The standard InChI is InChI=1S/C20H24O4/c1-14-8-9-17(20(2,3)4)18(12-14)24-11-10-23-16-7-5-6-15(13-16)19(21)22/h5-9,12-13H,10-11H2,1-4H3,(H,21,22). The summed E-state index contributed by atoms with van der Waals surface area (Å²) in [4.78, 5) is 11.0. The highest BCUT2D eigenvalue weighted by Gasteiger charge is 2.18. The molecule has 0 fully saturated rings. The van der Waals surface area contributed by atoms with E-state index in [1.807, 2.05) is 13.0 Å². The van der Waals surface area contributed by atoms with Crippen molar-refractivity contribution < 1.29 is 19.4 Å². The van der Waals surface area contributed by atoms with Gasteiger partial charge in [-0.3, -0.25) is 0 Å². The van der Waals surface area contributed by atoms with Crippen LogP contribution in [0.2, 0.25) is 0 Å². The van der Waals surface area contributed by atoms with E-state index >= 15 is 0 Å². The van der Waals surface area contributed by atoms with Crippen LogP contribution < -0.4 is 9.47 Å². The van der Waals surface area contributed by atoms with Gasteiger partial charge in [-0.1, -0.05) is 39.0 Å². The van der Waals surface area contributed by atoms with Crippen LogP contribution in [0, 0.1) is 6.92 Å². The van der Waals surface area contributed by atoms with Crippen LogP contribution in [0.25, 0.3) is 0 Å². The summed E-state index contributed by atoms with van der Waals surface area (Å²) in [5.41, 5.74) is 2.51. The first-order valence-electron chi connectivity index (χ1n) is 7.97. The molecule has 0 saturated heterocycles. The van der Waals surface area contributed by atoms with Crippen LogP contribution in [0.1, 0.15) is 42.3 Å². The number of carboxylic acid groups (broad SMARTS) is 1. The molecule has 0 unspecified atom stereocenters.